The smallest absolute Gasteiger partial charge is 0.258 e. The SMILES string of the molecule is Cc1ccc(OCC(=O)NC2CCN(C(=O)C(C)(C)C)CC2)cc1. The second kappa shape index (κ2) is 7.69. The Balaban J connectivity index is 1.72. The molecular weight excluding hydrogens is 304 g/mol. The number of nitrogens with one attached hydrogen (secondary N) is 1. The number of piperidine rings is 1. The molecule has 0 atom stereocenters. The summed E-state index contributed by atoms with van der Waals surface area (Å²) >= 11 is 0. The molecule has 0 aromatic heterocycles. The fourth-order valence-corrected chi connectivity index (χ4v) is 2.75. The summed E-state index contributed by atoms with van der Waals surface area (Å²) in [5.74, 6) is 0.757. The van der Waals surface area contributed by atoms with Gasteiger partial charge in [0.05, 0.1) is 0 Å². The van der Waals surface area contributed by atoms with E-state index in [-0.39, 0.29) is 29.9 Å². The molecule has 2 rings (SSSR count). The van der Waals surface area contributed by atoms with Gasteiger partial charge in [0.25, 0.3) is 5.91 Å². The van der Waals surface area contributed by atoms with Crippen molar-refractivity contribution in [1.82, 2.24) is 10.2 Å². The van der Waals surface area contributed by atoms with Gasteiger partial charge in [-0.25, -0.2) is 0 Å². The molecule has 2 amide bonds. The Labute approximate surface area is 144 Å². The topological polar surface area (TPSA) is 58.6 Å². The molecule has 0 unspecified atom stereocenters. The zero-order chi connectivity index (χ0) is 17.7. The fraction of sp³-hybridized carbons (Fsp3) is 0.579. The molecule has 0 saturated carbocycles. The molecule has 1 N–H and O–H groups in total. The molecule has 5 heteroatoms. The lowest BCUT2D eigenvalue weighted by molar-refractivity contribution is -0.140. The molecule has 5 nitrogen and oxygen atoms in total. The highest BCUT2D eigenvalue weighted by Crippen LogP contribution is 2.21. The molecule has 0 radical (unpaired) electrons. The van der Waals surface area contributed by atoms with Gasteiger partial charge in [-0.05, 0) is 31.9 Å². The zero-order valence-corrected chi connectivity index (χ0v) is 15.1. The van der Waals surface area contributed by atoms with E-state index in [2.05, 4.69) is 5.32 Å². The number of nitrogens with zero attached hydrogens (tertiary/aromatic N) is 1. The molecule has 1 aromatic rings. The van der Waals surface area contributed by atoms with E-state index in [4.69, 9.17) is 4.74 Å². The van der Waals surface area contributed by atoms with Crippen LogP contribution in [0.25, 0.3) is 0 Å². The number of ether oxygens (including phenoxy) is 1. The normalized spacial score (nSPS) is 15.9. The van der Waals surface area contributed by atoms with Crippen LogP contribution in [-0.2, 0) is 9.59 Å². The number of amides is 2. The highest BCUT2D eigenvalue weighted by molar-refractivity contribution is 5.81. The number of carbonyl (C=O) groups is 2. The number of aryl methyl sites for hydroxylation is 1. The Bertz CT molecular complexity index is 567. The Kier molecular flexibility index (Phi) is 5.86. The Morgan fingerprint density at radius 1 is 1.17 bits per heavy atom. The molecule has 0 spiro atoms. The number of hydrogen-bond donors (Lipinski definition) is 1. The van der Waals surface area contributed by atoms with Crippen LogP contribution in [0, 0.1) is 12.3 Å². The second-order valence-corrected chi connectivity index (χ2v) is 7.49. The van der Waals surface area contributed by atoms with Gasteiger partial charge in [0.15, 0.2) is 6.61 Å². The third kappa shape index (κ3) is 5.25. The van der Waals surface area contributed by atoms with E-state index in [1.54, 1.807) is 0 Å². The van der Waals surface area contributed by atoms with Gasteiger partial charge < -0.3 is 15.0 Å². The highest BCUT2D eigenvalue weighted by atomic mass is 16.5. The summed E-state index contributed by atoms with van der Waals surface area (Å²) in [5.41, 5.74) is 0.807. The standard InChI is InChI=1S/C19H28N2O3/c1-14-5-7-16(8-6-14)24-13-17(22)20-15-9-11-21(12-10-15)18(23)19(2,3)4/h5-8,15H,9-13H2,1-4H3,(H,20,22). The van der Waals surface area contributed by atoms with Gasteiger partial charge in [0.1, 0.15) is 5.75 Å². The Morgan fingerprint density at radius 3 is 2.29 bits per heavy atom. The van der Waals surface area contributed by atoms with Crippen LogP contribution in [0.3, 0.4) is 0 Å². The van der Waals surface area contributed by atoms with Crippen LogP contribution in [0.1, 0.15) is 39.2 Å². The van der Waals surface area contributed by atoms with E-state index in [1.165, 1.54) is 0 Å². The van der Waals surface area contributed by atoms with Crippen LogP contribution in [-0.4, -0.2) is 42.5 Å². The summed E-state index contributed by atoms with van der Waals surface area (Å²) in [6.45, 7) is 9.22. The van der Waals surface area contributed by atoms with Gasteiger partial charge in [-0.1, -0.05) is 38.5 Å². The van der Waals surface area contributed by atoms with E-state index < -0.39 is 0 Å². The summed E-state index contributed by atoms with van der Waals surface area (Å²) < 4.78 is 5.49. The molecule has 0 bridgehead atoms. The number of carbonyl (C=O) groups excluding carboxylic acids is 2. The monoisotopic (exact) mass is 332 g/mol. The third-order valence-electron chi connectivity index (χ3n) is 4.18. The quantitative estimate of drug-likeness (QED) is 0.922. The largest absolute Gasteiger partial charge is 0.484 e. The molecule has 1 aromatic carbocycles. The number of likely N-dealkylation sites (tertiary alicyclic amines) is 1. The first-order valence-corrected chi connectivity index (χ1v) is 8.54. The molecule has 0 aliphatic carbocycles. The van der Waals surface area contributed by atoms with Crippen molar-refractivity contribution in [1.29, 1.82) is 0 Å². The van der Waals surface area contributed by atoms with Gasteiger partial charge in [-0.15, -0.1) is 0 Å². The minimum absolute atomic E-state index is 0.0181. The lowest BCUT2D eigenvalue weighted by atomic mass is 9.93. The van der Waals surface area contributed by atoms with Gasteiger partial charge in [-0.2, -0.15) is 0 Å². The van der Waals surface area contributed by atoms with E-state index in [9.17, 15) is 9.59 Å². The number of benzene rings is 1. The van der Waals surface area contributed by atoms with Crippen molar-refractivity contribution in [2.45, 2.75) is 46.6 Å². The lowest BCUT2D eigenvalue weighted by Crippen LogP contribution is -2.49. The Morgan fingerprint density at radius 2 is 1.75 bits per heavy atom. The first-order valence-electron chi connectivity index (χ1n) is 8.54. The summed E-state index contributed by atoms with van der Waals surface area (Å²) in [4.78, 5) is 26.2. The predicted molar refractivity (Wildman–Crippen MR) is 93.9 cm³/mol. The average Bonchev–Trinajstić information content (AvgIpc) is 2.53. The highest BCUT2D eigenvalue weighted by Gasteiger charge is 2.30. The van der Waals surface area contributed by atoms with Crippen LogP contribution < -0.4 is 10.1 Å². The van der Waals surface area contributed by atoms with E-state index in [0.717, 1.165) is 18.4 Å². The average molecular weight is 332 g/mol. The molecule has 1 heterocycles. The number of hydrogen-bond acceptors (Lipinski definition) is 3. The van der Waals surface area contributed by atoms with Crippen molar-refractivity contribution in [3.05, 3.63) is 29.8 Å². The molecule has 132 valence electrons. The van der Waals surface area contributed by atoms with E-state index in [0.29, 0.717) is 18.8 Å². The van der Waals surface area contributed by atoms with Crippen molar-refractivity contribution in [2.24, 2.45) is 5.41 Å². The van der Waals surface area contributed by atoms with Crippen molar-refractivity contribution in [3.63, 3.8) is 0 Å². The molecular formula is C19H28N2O3. The lowest BCUT2D eigenvalue weighted by Gasteiger charge is -2.36. The maximum absolute atomic E-state index is 12.3. The molecule has 1 aliphatic heterocycles. The Hall–Kier alpha value is -2.04. The van der Waals surface area contributed by atoms with Gasteiger partial charge in [0.2, 0.25) is 5.91 Å². The first-order chi connectivity index (χ1) is 11.3. The maximum Gasteiger partial charge on any atom is 0.258 e. The van der Waals surface area contributed by atoms with E-state index >= 15 is 0 Å². The van der Waals surface area contributed by atoms with E-state index in [1.807, 2.05) is 56.9 Å². The fourth-order valence-electron chi connectivity index (χ4n) is 2.75. The van der Waals surface area contributed by atoms with Crippen LogP contribution >= 0.6 is 0 Å². The first kappa shape index (κ1) is 18.3. The van der Waals surface area contributed by atoms with Gasteiger partial charge >= 0.3 is 0 Å². The second-order valence-electron chi connectivity index (χ2n) is 7.49. The van der Waals surface area contributed by atoms with Gasteiger partial charge in [-0.3, -0.25) is 9.59 Å². The summed E-state index contributed by atoms with van der Waals surface area (Å²) in [5, 5.41) is 3.00. The van der Waals surface area contributed by atoms with Crippen LogP contribution in [0.5, 0.6) is 5.75 Å². The number of rotatable bonds is 4. The molecule has 1 saturated heterocycles. The minimum Gasteiger partial charge on any atom is -0.484 e. The summed E-state index contributed by atoms with van der Waals surface area (Å²) in [6.07, 6.45) is 1.58. The summed E-state index contributed by atoms with van der Waals surface area (Å²) in [6, 6.07) is 7.74. The third-order valence-corrected chi connectivity index (χ3v) is 4.18. The van der Waals surface area contributed by atoms with Gasteiger partial charge in [0, 0.05) is 24.5 Å². The van der Waals surface area contributed by atoms with Crippen molar-refractivity contribution >= 4 is 11.8 Å². The van der Waals surface area contributed by atoms with Crippen LogP contribution in [0.4, 0.5) is 0 Å². The van der Waals surface area contributed by atoms with Crippen LogP contribution in [0.15, 0.2) is 24.3 Å². The van der Waals surface area contributed by atoms with Crippen molar-refractivity contribution in [3.8, 4) is 5.75 Å². The molecule has 1 fully saturated rings. The molecule has 24 heavy (non-hydrogen) atoms. The maximum atomic E-state index is 12.3. The summed E-state index contributed by atoms with van der Waals surface area (Å²) in [7, 11) is 0. The predicted octanol–water partition coefficient (Wildman–Crippen LogP) is 2.53. The van der Waals surface area contributed by atoms with Crippen molar-refractivity contribution in [2.75, 3.05) is 19.7 Å². The molecule has 1 aliphatic rings. The van der Waals surface area contributed by atoms with Crippen molar-refractivity contribution < 1.29 is 14.3 Å². The van der Waals surface area contributed by atoms with Crippen LogP contribution in [0.2, 0.25) is 0 Å². The zero-order valence-electron chi connectivity index (χ0n) is 15.1. The minimum atomic E-state index is -0.349.